The molecule has 1 rings (SSSR count). The number of carbonyl (C=O) groups excluding carboxylic acids is 4. The number of aldehydes is 1. The molecule has 1 fully saturated rings. The molecule has 1 aliphatic heterocycles. The van der Waals surface area contributed by atoms with Crippen LogP contribution in [0.5, 0.6) is 0 Å². The Morgan fingerprint density at radius 3 is 2.60 bits per heavy atom. The quantitative estimate of drug-likeness (QED) is 0.270. The van der Waals surface area contributed by atoms with Crippen LogP contribution in [0.15, 0.2) is 11.6 Å². The van der Waals surface area contributed by atoms with Crippen LogP contribution >= 0.6 is 0 Å². The van der Waals surface area contributed by atoms with Crippen LogP contribution in [0, 0.1) is 0 Å². The fourth-order valence-electron chi connectivity index (χ4n) is 1.77. The van der Waals surface area contributed by atoms with E-state index in [1.165, 1.54) is 0 Å². The molecule has 0 aromatic heterocycles. The van der Waals surface area contributed by atoms with Crippen molar-refractivity contribution in [1.29, 1.82) is 0 Å². The largest absolute Gasteiger partial charge is 0.390 e. The first-order valence-electron chi connectivity index (χ1n) is 6.14. The molecule has 0 amide bonds. The van der Waals surface area contributed by atoms with Crippen molar-refractivity contribution in [2.24, 2.45) is 0 Å². The normalized spacial score (nSPS) is 23.4. The average Bonchev–Trinajstić information content (AvgIpc) is 2.43. The van der Waals surface area contributed by atoms with Crippen LogP contribution in [0.3, 0.4) is 0 Å². The lowest BCUT2D eigenvalue weighted by molar-refractivity contribution is -0.145. The van der Waals surface area contributed by atoms with Gasteiger partial charge in [-0.1, -0.05) is 6.92 Å². The molecule has 1 heterocycles. The van der Waals surface area contributed by atoms with Crippen molar-refractivity contribution in [1.82, 2.24) is 0 Å². The lowest BCUT2D eigenvalue weighted by Crippen LogP contribution is -2.39. The molecule has 0 spiro atoms. The van der Waals surface area contributed by atoms with E-state index in [9.17, 15) is 29.4 Å². The summed E-state index contributed by atoms with van der Waals surface area (Å²) in [5.41, 5.74) is -0.350. The minimum absolute atomic E-state index is 0.00997. The first-order chi connectivity index (χ1) is 9.40. The summed E-state index contributed by atoms with van der Waals surface area (Å²) in [6.45, 7) is 1.27. The van der Waals surface area contributed by atoms with Gasteiger partial charge in [0.25, 0.3) is 0 Å². The zero-order valence-corrected chi connectivity index (χ0v) is 10.9. The van der Waals surface area contributed by atoms with Crippen molar-refractivity contribution < 1.29 is 34.1 Å². The summed E-state index contributed by atoms with van der Waals surface area (Å²) in [7, 11) is 0. The number of aliphatic hydroxyl groups is 2. The van der Waals surface area contributed by atoms with E-state index < -0.39 is 35.7 Å². The van der Waals surface area contributed by atoms with E-state index in [1.54, 1.807) is 6.92 Å². The number of hydrogen-bond acceptors (Lipinski definition) is 7. The summed E-state index contributed by atoms with van der Waals surface area (Å²) in [5.74, 6) is -2.10. The van der Waals surface area contributed by atoms with Crippen molar-refractivity contribution in [2.75, 3.05) is 6.61 Å². The maximum atomic E-state index is 11.7. The Hall–Kier alpha value is -1.70. The Bertz CT molecular complexity index is 452. The zero-order chi connectivity index (χ0) is 15.3. The topological polar surface area (TPSA) is 118 Å². The van der Waals surface area contributed by atoms with Crippen molar-refractivity contribution in [2.45, 2.75) is 38.1 Å². The highest BCUT2D eigenvalue weighted by atomic mass is 16.5. The molecule has 3 unspecified atom stereocenters. The molecular weight excluding hydrogens is 268 g/mol. The van der Waals surface area contributed by atoms with Gasteiger partial charge in [-0.2, -0.15) is 0 Å². The van der Waals surface area contributed by atoms with E-state index in [0.29, 0.717) is 0 Å². The predicted octanol–water partition coefficient (Wildman–Crippen LogP) is -1.26. The summed E-state index contributed by atoms with van der Waals surface area (Å²) < 4.78 is 4.96. The highest BCUT2D eigenvalue weighted by Gasteiger charge is 2.34. The van der Waals surface area contributed by atoms with Crippen molar-refractivity contribution in [3.05, 3.63) is 11.6 Å². The van der Waals surface area contributed by atoms with Gasteiger partial charge in [-0.05, 0) is 12.5 Å². The van der Waals surface area contributed by atoms with Crippen LogP contribution in [0.4, 0.5) is 0 Å². The highest BCUT2D eigenvalue weighted by Crippen LogP contribution is 2.17. The Balaban J connectivity index is 3.03. The third-order valence-corrected chi connectivity index (χ3v) is 2.91. The molecule has 1 aliphatic rings. The predicted molar refractivity (Wildman–Crippen MR) is 65.8 cm³/mol. The zero-order valence-electron chi connectivity index (χ0n) is 10.9. The number of aliphatic hydroxyl groups excluding tert-OH is 2. The van der Waals surface area contributed by atoms with Crippen LogP contribution in [-0.4, -0.2) is 58.8 Å². The number of Topliss-reactive ketones (excluding diaryl/α,β-unsaturated/α-hetero) is 3. The summed E-state index contributed by atoms with van der Waals surface area (Å²) in [4.78, 5) is 44.9. The molecule has 1 saturated heterocycles. The van der Waals surface area contributed by atoms with Crippen molar-refractivity contribution in [3.8, 4) is 0 Å². The maximum Gasteiger partial charge on any atom is 0.224 e. The molecule has 0 radical (unpaired) electrons. The van der Waals surface area contributed by atoms with Gasteiger partial charge in [-0.15, -0.1) is 0 Å². The van der Waals surface area contributed by atoms with Crippen LogP contribution in [-0.2, 0) is 23.9 Å². The molecule has 7 nitrogen and oxygen atoms in total. The van der Waals surface area contributed by atoms with E-state index in [4.69, 9.17) is 4.74 Å². The van der Waals surface area contributed by atoms with Crippen LogP contribution in [0.1, 0.15) is 19.8 Å². The lowest BCUT2D eigenvalue weighted by Gasteiger charge is -2.23. The first-order valence-corrected chi connectivity index (χ1v) is 6.14. The molecular formula is C13H16O7. The minimum atomic E-state index is -1.41. The molecule has 0 aromatic rings. The molecule has 110 valence electrons. The smallest absolute Gasteiger partial charge is 0.224 e. The van der Waals surface area contributed by atoms with Gasteiger partial charge in [0.2, 0.25) is 5.78 Å². The fourth-order valence-corrected chi connectivity index (χ4v) is 1.77. The van der Waals surface area contributed by atoms with Crippen LogP contribution in [0.25, 0.3) is 0 Å². The van der Waals surface area contributed by atoms with Gasteiger partial charge in [-0.3, -0.25) is 19.2 Å². The molecule has 3 atom stereocenters. The average molecular weight is 284 g/mol. The highest BCUT2D eigenvalue weighted by molar-refractivity contribution is 6.34. The second kappa shape index (κ2) is 7.18. The minimum Gasteiger partial charge on any atom is -0.390 e. The molecule has 0 aliphatic carbocycles. The van der Waals surface area contributed by atoms with Crippen molar-refractivity contribution >= 4 is 23.6 Å². The van der Waals surface area contributed by atoms with Gasteiger partial charge in [0.1, 0.15) is 12.7 Å². The number of rotatable bonds is 6. The van der Waals surface area contributed by atoms with E-state index in [2.05, 4.69) is 0 Å². The summed E-state index contributed by atoms with van der Waals surface area (Å²) in [6, 6.07) is 0. The van der Waals surface area contributed by atoms with Crippen LogP contribution < -0.4 is 0 Å². The Labute approximate surface area is 115 Å². The molecule has 0 saturated carbocycles. The summed E-state index contributed by atoms with van der Waals surface area (Å²) in [6.07, 6.45) is -3.15. The molecule has 2 N–H and O–H groups in total. The monoisotopic (exact) mass is 284 g/mol. The summed E-state index contributed by atoms with van der Waals surface area (Å²) in [5, 5.41) is 19.1. The second-order valence-electron chi connectivity index (χ2n) is 4.44. The number of ketones is 3. The van der Waals surface area contributed by atoms with Crippen molar-refractivity contribution in [3.63, 3.8) is 0 Å². The SMILES string of the molecule is CCC(O)C(O)/C=C(\C(=O)C=O)C1OCC(=O)CC1=O. The standard InChI is InChI=1S/C13H16O7/c1-2-9(16)10(17)4-8(12(19)5-14)13-11(18)3-7(15)6-20-13/h4-5,9-10,13,16-17H,2-3,6H2,1H3/b8-4+. The van der Waals surface area contributed by atoms with Gasteiger partial charge < -0.3 is 14.9 Å². The molecule has 20 heavy (non-hydrogen) atoms. The van der Waals surface area contributed by atoms with Gasteiger partial charge >= 0.3 is 0 Å². The number of ether oxygens (including phenoxy) is 1. The Morgan fingerprint density at radius 2 is 2.10 bits per heavy atom. The van der Waals surface area contributed by atoms with E-state index in [1.807, 2.05) is 0 Å². The summed E-state index contributed by atoms with van der Waals surface area (Å²) >= 11 is 0. The van der Waals surface area contributed by atoms with Gasteiger partial charge in [-0.25, -0.2) is 0 Å². The second-order valence-corrected chi connectivity index (χ2v) is 4.44. The first kappa shape index (κ1) is 16.4. The molecule has 0 aromatic carbocycles. The maximum absolute atomic E-state index is 11.7. The lowest BCUT2D eigenvalue weighted by atomic mass is 9.94. The van der Waals surface area contributed by atoms with Gasteiger partial charge in [0, 0.05) is 5.57 Å². The van der Waals surface area contributed by atoms with Gasteiger partial charge in [0.15, 0.2) is 17.9 Å². The van der Waals surface area contributed by atoms with E-state index >= 15 is 0 Å². The van der Waals surface area contributed by atoms with Gasteiger partial charge in [0.05, 0.1) is 18.6 Å². The Morgan fingerprint density at radius 1 is 1.45 bits per heavy atom. The van der Waals surface area contributed by atoms with E-state index in [-0.39, 0.29) is 31.3 Å². The molecule has 0 bridgehead atoms. The third-order valence-electron chi connectivity index (χ3n) is 2.91. The Kier molecular flexibility index (Phi) is 5.87. The fraction of sp³-hybridized carbons (Fsp3) is 0.538. The third kappa shape index (κ3) is 3.89. The number of carbonyl (C=O) groups is 4. The molecule has 7 heteroatoms. The number of hydrogen-bond donors (Lipinski definition) is 2. The van der Waals surface area contributed by atoms with E-state index in [0.717, 1.165) is 6.08 Å². The van der Waals surface area contributed by atoms with Crippen LogP contribution in [0.2, 0.25) is 0 Å².